The van der Waals surface area contributed by atoms with Crippen molar-refractivity contribution in [2.45, 2.75) is 37.0 Å². The van der Waals surface area contributed by atoms with Gasteiger partial charge in [-0.1, -0.05) is 48.5 Å². The molecule has 4 rings (SSSR count). The standard InChI is InChI=1S/C28H20F6O5S/c1-14-5-2-10-19-20(14)23(35)26(13-40-19,11-15-6-3-8-17(24(36)37)21(15)27(29,30)31)12-16-7-4-9-18(25(38)39)22(16)28(32,33)34/h2-10H,11-13H2,1H3,(H,36,37)(H,38,39)/p-2. The molecule has 3 aromatic rings. The molecule has 0 radical (unpaired) electrons. The number of thioether (sulfide) groups is 1. The second-order valence-corrected chi connectivity index (χ2v) is 10.5. The first-order chi connectivity index (χ1) is 18.6. The van der Waals surface area contributed by atoms with E-state index in [1.165, 1.54) is 0 Å². The molecule has 0 fully saturated rings. The second kappa shape index (κ2) is 10.3. The molecule has 0 N–H and O–H groups in total. The smallest absolute Gasteiger partial charge is 0.417 e. The quantitative estimate of drug-likeness (QED) is 0.398. The topological polar surface area (TPSA) is 97.3 Å². The van der Waals surface area contributed by atoms with Crippen molar-refractivity contribution < 1.29 is 50.9 Å². The minimum atomic E-state index is -5.20. The van der Waals surface area contributed by atoms with Gasteiger partial charge in [-0.2, -0.15) is 26.3 Å². The average Bonchev–Trinajstić information content (AvgIpc) is 2.84. The van der Waals surface area contributed by atoms with E-state index in [0.717, 1.165) is 36.0 Å². The molecule has 0 spiro atoms. The number of ketones is 1. The summed E-state index contributed by atoms with van der Waals surface area (Å²) >= 11 is 1.06. The van der Waals surface area contributed by atoms with Crippen LogP contribution in [0.25, 0.3) is 0 Å². The Morgan fingerprint density at radius 3 is 1.68 bits per heavy atom. The number of benzene rings is 3. The number of aromatic carboxylic acids is 2. The molecule has 1 aliphatic rings. The van der Waals surface area contributed by atoms with E-state index < -0.39 is 81.7 Å². The van der Waals surface area contributed by atoms with Gasteiger partial charge >= 0.3 is 12.4 Å². The highest BCUT2D eigenvalue weighted by atomic mass is 32.2. The Hall–Kier alpha value is -3.80. The Balaban J connectivity index is 1.99. The van der Waals surface area contributed by atoms with Crippen LogP contribution >= 0.6 is 11.8 Å². The minimum absolute atomic E-state index is 0.118. The van der Waals surface area contributed by atoms with Crippen LogP contribution in [0.2, 0.25) is 0 Å². The van der Waals surface area contributed by atoms with Crippen LogP contribution in [0.4, 0.5) is 26.3 Å². The molecule has 0 saturated heterocycles. The zero-order valence-corrected chi connectivity index (χ0v) is 21.4. The molecule has 0 atom stereocenters. The summed E-state index contributed by atoms with van der Waals surface area (Å²) in [6.07, 6.45) is -12.0. The van der Waals surface area contributed by atoms with Gasteiger partial charge in [0.2, 0.25) is 0 Å². The summed E-state index contributed by atoms with van der Waals surface area (Å²) in [5.74, 6) is -5.23. The van der Waals surface area contributed by atoms with Crippen LogP contribution in [0, 0.1) is 12.3 Å². The summed E-state index contributed by atoms with van der Waals surface area (Å²) in [7, 11) is 0. The van der Waals surface area contributed by atoms with Crippen molar-refractivity contribution in [3.05, 3.63) is 99.1 Å². The van der Waals surface area contributed by atoms with Gasteiger partial charge in [-0.05, 0) is 42.5 Å². The third-order valence-electron chi connectivity index (χ3n) is 6.81. The first-order valence-corrected chi connectivity index (χ1v) is 12.6. The summed E-state index contributed by atoms with van der Waals surface area (Å²) in [6.45, 7) is 1.57. The molecular weight excluding hydrogens is 562 g/mol. The third-order valence-corrected chi connectivity index (χ3v) is 8.16. The molecule has 3 aromatic carbocycles. The largest absolute Gasteiger partial charge is 0.545 e. The van der Waals surface area contributed by atoms with Crippen molar-refractivity contribution in [1.82, 2.24) is 0 Å². The first-order valence-electron chi connectivity index (χ1n) is 11.6. The highest BCUT2D eigenvalue weighted by Crippen LogP contribution is 2.48. The van der Waals surface area contributed by atoms with Crippen molar-refractivity contribution in [2.75, 3.05) is 5.75 Å². The molecular formula is C28H18F6O5S-2. The van der Waals surface area contributed by atoms with Gasteiger partial charge in [0.25, 0.3) is 0 Å². The number of carboxylic acids is 2. The molecule has 12 heteroatoms. The lowest BCUT2D eigenvalue weighted by Crippen LogP contribution is -2.42. The number of carbonyl (C=O) groups excluding carboxylic acids is 3. The molecule has 1 aliphatic heterocycles. The SMILES string of the molecule is Cc1cccc2c1C(=O)C(Cc1cccc(C(=O)[O-])c1C(F)(F)F)(Cc1cccc(C(=O)[O-])c1C(F)(F)F)CS2. The Labute approximate surface area is 227 Å². The first kappa shape index (κ1) is 29.2. The van der Waals surface area contributed by atoms with Crippen molar-refractivity contribution in [1.29, 1.82) is 0 Å². The Morgan fingerprint density at radius 2 is 1.25 bits per heavy atom. The Morgan fingerprint density at radius 1 is 0.800 bits per heavy atom. The van der Waals surface area contributed by atoms with Gasteiger partial charge in [-0.25, -0.2) is 0 Å². The zero-order chi connectivity index (χ0) is 29.6. The summed E-state index contributed by atoms with van der Waals surface area (Å²) in [6, 6.07) is 10.2. The molecule has 0 amide bonds. The number of hydrogen-bond donors (Lipinski definition) is 0. The van der Waals surface area contributed by atoms with Crippen LogP contribution in [-0.4, -0.2) is 23.5 Å². The summed E-state index contributed by atoms with van der Waals surface area (Å²) < 4.78 is 84.8. The van der Waals surface area contributed by atoms with E-state index in [0.29, 0.717) is 22.6 Å². The van der Waals surface area contributed by atoms with Crippen molar-refractivity contribution in [3.8, 4) is 0 Å². The summed E-state index contributed by atoms with van der Waals surface area (Å²) in [5, 5.41) is 23.1. The number of hydrogen-bond acceptors (Lipinski definition) is 6. The van der Waals surface area contributed by atoms with Gasteiger partial charge in [0.1, 0.15) is 0 Å². The maximum absolute atomic E-state index is 14.1. The monoisotopic (exact) mass is 580 g/mol. The maximum Gasteiger partial charge on any atom is 0.417 e. The van der Waals surface area contributed by atoms with E-state index in [-0.39, 0.29) is 11.3 Å². The third kappa shape index (κ3) is 5.32. The summed E-state index contributed by atoms with van der Waals surface area (Å²) in [5.41, 5.74) is -8.12. The molecule has 210 valence electrons. The van der Waals surface area contributed by atoms with Crippen LogP contribution < -0.4 is 10.2 Å². The van der Waals surface area contributed by atoms with Crippen LogP contribution in [-0.2, 0) is 25.2 Å². The maximum atomic E-state index is 14.1. The number of rotatable bonds is 6. The number of alkyl halides is 6. The van der Waals surface area contributed by atoms with E-state index in [2.05, 4.69) is 0 Å². The van der Waals surface area contributed by atoms with E-state index in [9.17, 15) is 50.9 Å². The molecule has 0 aromatic heterocycles. The van der Waals surface area contributed by atoms with Gasteiger partial charge < -0.3 is 19.8 Å². The fourth-order valence-electron chi connectivity index (χ4n) is 5.16. The number of fused-ring (bicyclic) bond motifs is 1. The lowest BCUT2D eigenvalue weighted by atomic mass is 9.70. The molecule has 0 aliphatic carbocycles. The predicted octanol–water partition coefficient (Wildman–Crippen LogP) is 4.52. The van der Waals surface area contributed by atoms with Crippen LogP contribution in [0.15, 0.2) is 59.5 Å². The van der Waals surface area contributed by atoms with Crippen molar-refractivity contribution in [3.63, 3.8) is 0 Å². The van der Waals surface area contributed by atoms with Gasteiger partial charge in [-0.3, -0.25) is 4.79 Å². The van der Waals surface area contributed by atoms with Gasteiger partial charge in [0, 0.05) is 27.3 Å². The number of carbonyl (C=O) groups is 3. The molecule has 40 heavy (non-hydrogen) atoms. The van der Waals surface area contributed by atoms with E-state index >= 15 is 0 Å². The molecule has 5 nitrogen and oxygen atoms in total. The fraction of sp³-hybridized carbons (Fsp3) is 0.250. The van der Waals surface area contributed by atoms with Crippen LogP contribution in [0.1, 0.15) is 58.9 Å². The van der Waals surface area contributed by atoms with E-state index in [1.807, 2.05) is 0 Å². The highest BCUT2D eigenvalue weighted by molar-refractivity contribution is 7.99. The van der Waals surface area contributed by atoms with Gasteiger partial charge in [0.15, 0.2) is 5.78 Å². The van der Waals surface area contributed by atoms with Crippen LogP contribution in [0.5, 0.6) is 0 Å². The van der Waals surface area contributed by atoms with Gasteiger partial charge in [-0.15, -0.1) is 11.8 Å². The second-order valence-electron chi connectivity index (χ2n) is 9.45. The molecule has 0 bridgehead atoms. The number of aryl methyl sites for hydroxylation is 1. The molecule has 0 unspecified atom stereocenters. The van der Waals surface area contributed by atoms with Crippen molar-refractivity contribution in [2.24, 2.45) is 5.41 Å². The minimum Gasteiger partial charge on any atom is -0.545 e. The average molecular weight is 581 g/mol. The lowest BCUT2D eigenvalue weighted by Gasteiger charge is -2.38. The highest BCUT2D eigenvalue weighted by Gasteiger charge is 2.48. The zero-order valence-electron chi connectivity index (χ0n) is 20.5. The summed E-state index contributed by atoms with van der Waals surface area (Å²) in [4.78, 5) is 37.7. The van der Waals surface area contributed by atoms with Crippen molar-refractivity contribution >= 4 is 29.5 Å². The molecule has 0 saturated carbocycles. The Bertz CT molecular complexity index is 1450. The van der Waals surface area contributed by atoms with Crippen LogP contribution in [0.3, 0.4) is 0 Å². The normalized spacial score (nSPS) is 15.0. The predicted molar refractivity (Wildman–Crippen MR) is 128 cm³/mol. The Kier molecular flexibility index (Phi) is 7.52. The lowest BCUT2D eigenvalue weighted by molar-refractivity contribution is -0.256. The molecule has 1 heterocycles. The number of carboxylic acid groups (broad SMARTS) is 2. The fourth-order valence-corrected chi connectivity index (χ4v) is 6.50. The van der Waals surface area contributed by atoms with Gasteiger partial charge in [0.05, 0.1) is 28.5 Å². The number of Topliss-reactive ketones (excluding diaryl/α,β-unsaturated/α-hetero) is 1. The van der Waals surface area contributed by atoms with E-state index in [4.69, 9.17) is 0 Å². The van der Waals surface area contributed by atoms with E-state index in [1.54, 1.807) is 25.1 Å². The number of halogens is 6.